The molecule has 1 atom stereocenters. The second kappa shape index (κ2) is 9.67. The smallest absolute Gasteiger partial charge is 0.168 e. The van der Waals surface area contributed by atoms with Crippen LogP contribution in [0.4, 0.5) is 0 Å². The van der Waals surface area contributed by atoms with Gasteiger partial charge in [-0.25, -0.2) is 4.68 Å². The summed E-state index contributed by atoms with van der Waals surface area (Å²) in [5.74, 6) is 1.85. The van der Waals surface area contributed by atoms with E-state index in [2.05, 4.69) is 44.4 Å². The van der Waals surface area contributed by atoms with E-state index in [1.54, 1.807) is 7.11 Å². The molecule has 0 N–H and O–H groups in total. The summed E-state index contributed by atoms with van der Waals surface area (Å²) in [5.41, 5.74) is 1.18. The van der Waals surface area contributed by atoms with E-state index in [0.717, 1.165) is 37.1 Å². The minimum atomic E-state index is 0.275. The van der Waals surface area contributed by atoms with Crippen LogP contribution in [-0.4, -0.2) is 69.3 Å². The number of ether oxygens (including phenoxy) is 1. The van der Waals surface area contributed by atoms with Crippen LogP contribution in [0.25, 0.3) is 0 Å². The molecule has 7 heteroatoms. The highest BCUT2D eigenvalue weighted by Gasteiger charge is 2.30. The molecule has 2 aromatic rings. The SMILES string of the molecule is CCC(c1nnnn1Cc1ccc(OC)cc1)N1CCN(C2CCCCC2)CC1. The zero-order valence-electron chi connectivity index (χ0n) is 17.8. The molecule has 29 heavy (non-hydrogen) atoms. The molecule has 1 unspecified atom stereocenters. The van der Waals surface area contributed by atoms with Crippen LogP contribution in [0.3, 0.4) is 0 Å². The first-order valence-electron chi connectivity index (χ1n) is 11.2. The summed E-state index contributed by atoms with van der Waals surface area (Å²) in [6.07, 6.45) is 8.03. The van der Waals surface area contributed by atoms with Gasteiger partial charge in [-0.3, -0.25) is 9.80 Å². The number of hydrogen-bond acceptors (Lipinski definition) is 6. The lowest BCUT2D eigenvalue weighted by Gasteiger charge is -2.42. The number of methoxy groups -OCH3 is 1. The Morgan fingerprint density at radius 3 is 2.41 bits per heavy atom. The van der Waals surface area contributed by atoms with Gasteiger partial charge in [0.25, 0.3) is 0 Å². The van der Waals surface area contributed by atoms with Gasteiger partial charge in [-0.15, -0.1) is 5.10 Å². The van der Waals surface area contributed by atoms with Gasteiger partial charge < -0.3 is 4.74 Å². The first-order valence-corrected chi connectivity index (χ1v) is 11.2. The van der Waals surface area contributed by atoms with Crippen molar-refractivity contribution >= 4 is 0 Å². The average molecular weight is 399 g/mol. The van der Waals surface area contributed by atoms with E-state index in [9.17, 15) is 0 Å². The van der Waals surface area contributed by atoms with Crippen LogP contribution in [0, 0.1) is 0 Å². The highest BCUT2D eigenvalue weighted by molar-refractivity contribution is 5.27. The van der Waals surface area contributed by atoms with Gasteiger partial charge in [-0.2, -0.15) is 0 Å². The van der Waals surface area contributed by atoms with Crippen LogP contribution in [0.5, 0.6) is 5.75 Å². The van der Waals surface area contributed by atoms with Crippen LogP contribution in [0.15, 0.2) is 24.3 Å². The van der Waals surface area contributed by atoms with Crippen LogP contribution < -0.4 is 4.74 Å². The molecule has 0 radical (unpaired) electrons. The Bertz CT molecular complexity index is 747. The summed E-state index contributed by atoms with van der Waals surface area (Å²) in [5, 5.41) is 12.7. The van der Waals surface area contributed by atoms with Gasteiger partial charge in [0.15, 0.2) is 5.82 Å². The highest BCUT2D eigenvalue weighted by atomic mass is 16.5. The normalized spacial score (nSPS) is 20.6. The number of nitrogens with zero attached hydrogens (tertiary/aromatic N) is 6. The molecule has 1 aliphatic heterocycles. The van der Waals surface area contributed by atoms with E-state index in [1.807, 2.05) is 16.8 Å². The standard InChI is InChI=1S/C22H34N6O/c1-3-21(27-15-13-26(14-16-27)19-7-5-4-6-8-19)22-23-24-25-28(22)17-18-9-11-20(29-2)12-10-18/h9-12,19,21H,3-8,13-17H2,1-2H3. The van der Waals surface area contributed by atoms with Crippen molar-refractivity contribution in [3.63, 3.8) is 0 Å². The Labute approximate surface area is 174 Å². The zero-order valence-corrected chi connectivity index (χ0v) is 17.8. The molecule has 1 aromatic carbocycles. The van der Waals surface area contributed by atoms with Crippen molar-refractivity contribution in [2.24, 2.45) is 0 Å². The second-order valence-corrected chi connectivity index (χ2v) is 8.33. The summed E-state index contributed by atoms with van der Waals surface area (Å²) in [6.45, 7) is 7.46. The first-order chi connectivity index (χ1) is 14.3. The molecular weight excluding hydrogens is 364 g/mol. The lowest BCUT2D eigenvalue weighted by atomic mass is 9.93. The maximum absolute atomic E-state index is 5.26. The fraction of sp³-hybridized carbons (Fsp3) is 0.682. The van der Waals surface area contributed by atoms with Crippen molar-refractivity contribution in [3.8, 4) is 5.75 Å². The van der Waals surface area contributed by atoms with E-state index < -0.39 is 0 Å². The van der Waals surface area contributed by atoms with Gasteiger partial charge in [-0.05, 0) is 47.4 Å². The molecule has 0 spiro atoms. The second-order valence-electron chi connectivity index (χ2n) is 8.33. The molecule has 1 aliphatic carbocycles. The lowest BCUT2D eigenvalue weighted by molar-refractivity contribution is 0.0516. The largest absolute Gasteiger partial charge is 0.497 e. The number of aromatic nitrogens is 4. The summed E-state index contributed by atoms with van der Waals surface area (Å²) in [7, 11) is 1.69. The molecule has 2 fully saturated rings. The molecule has 1 saturated carbocycles. The molecule has 1 saturated heterocycles. The van der Waals surface area contributed by atoms with Gasteiger partial charge in [0.2, 0.25) is 0 Å². The van der Waals surface area contributed by atoms with Gasteiger partial charge >= 0.3 is 0 Å². The summed E-state index contributed by atoms with van der Waals surface area (Å²) >= 11 is 0. The molecule has 1 aromatic heterocycles. The van der Waals surface area contributed by atoms with Crippen molar-refractivity contribution in [3.05, 3.63) is 35.7 Å². The van der Waals surface area contributed by atoms with Gasteiger partial charge in [-0.1, -0.05) is 38.3 Å². The molecule has 0 bridgehead atoms. The maximum Gasteiger partial charge on any atom is 0.168 e. The first kappa shape index (κ1) is 20.3. The van der Waals surface area contributed by atoms with E-state index in [1.165, 1.54) is 50.8 Å². The fourth-order valence-electron chi connectivity index (χ4n) is 4.93. The van der Waals surface area contributed by atoms with Crippen LogP contribution in [0.1, 0.15) is 62.9 Å². The van der Waals surface area contributed by atoms with E-state index in [4.69, 9.17) is 4.74 Å². The summed E-state index contributed by atoms with van der Waals surface area (Å²) in [6, 6.07) is 9.22. The predicted molar refractivity (Wildman–Crippen MR) is 113 cm³/mol. The Hall–Kier alpha value is -1.99. The summed E-state index contributed by atoms with van der Waals surface area (Å²) in [4.78, 5) is 5.30. The zero-order chi connectivity index (χ0) is 20.1. The highest BCUT2D eigenvalue weighted by Crippen LogP contribution is 2.27. The van der Waals surface area contributed by atoms with Crippen LogP contribution in [-0.2, 0) is 6.54 Å². The fourth-order valence-corrected chi connectivity index (χ4v) is 4.93. The van der Waals surface area contributed by atoms with E-state index >= 15 is 0 Å². The molecule has 2 aliphatic rings. The topological polar surface area (TPSA) is 59.3 Å². The quantitative estimate of drug-likeness (QED) is 0.714. The van der Waals surface area contributed by atoms with Crippen LogP contribution >= 0.6 is 0 Å². The molecule has 0 amide bonds. The predicted octanol–water partition coefficient (Wildman–Crippen LogP) is 3.13. The molecule has 158 valence electrons. The van der Waals surface area contributed by atoms with Gasteiger partial charge in [0.1, 0.15) is 5.75 Å². The number of rotatable bonds is 7. The van der Waals surface area contributed by atoms with E-state index in [0.29, 0.717) is 6.54 Å². The molecule has 2 heterocycles. The maximum atomic E-state index is 5.26. The number of hydrogen-bond donors (Lipinski definition) is 0. The van der Waals surface area contributed by atoms with Crippen LogP contribution in [0.2, 0.25) is 0 Å². The third-order valence-corrected chi connectivity index (χ3v) is 6.62. The van der Waals surface area contributed by atoms with Crippen molar-refractivity contribution in [1.29, 1.82) is 0 Å². The van der Waals surface area contributed by atoms with Gasteiger partial charge in [0.05, 0.1) is 19.7 Å². The Morgan fingerprint density at radius 2 is 1.76 bits per heavy atom. The Balaban J connectivity index is 1.40. The Kier molecular flexibility index (Phi) is 6.77. The minimum Gasteiger partial charge on any atom is -0.497 e. The Morgan fingerprint density at radius 1 is 1.03 bits per heavy atom. The van der Waals surface area contributed by atoms with Gasteiger partial charge in [0, 0.05) is 32.2 Å². The summed E-state index contributed by atoms with van der Waals surface area (Å²) < 4.78 is 7.22. The average Bonchev–Trinajstić information content (AvgIpc) is 3.24. The van der Waals surface area contributed by atoms with E-state index in [-0.39, 0.29) is 6.04 Å². The molecule has 4 rings (SSSR count). The molecular formula is C22H34N6O. The monoisotopic (exact) mass is 398 g/mol. The molecule has 7 nitrogen and oxygen atoms in total. The van der Waals surface area contributed by atoms with Crippen molar-refractivity contribution in [2.75, 3.05) is 33.3 Å². The van der Waals surface area contributed by atoms with Crippen molar-refractivity contribution in [1.82, 2.24) is 30.0 Å². The number of benzene rings is 1. The van der Waals surface area contributed by atoms with Crippen molar-refractivity contribution in [2.45, 2.75) is 64.1 Å². The minimum absolute atomic E-state index is 0.275. The third-order valence-electron chi connectivity index (χ3n) is 6.62. The lowest BCUT2D eigenvalue weighted by Crippen LogP contribution is -2.51. The number of piperazine rings is 1. The van der Waals surface area contributed by atoms with Crippen molar-refractivity contribution < 1.29 is 4.74 Å². The third kappa shape index (κ3) is 4.78. The number of tetrazole rings is 1.